The van der Waals surface area contributed by atoms with Crippen LogP contribution in [0.25, 0.3) is 0 Å². The van der Waals surface area contributed by atoms with Gasteiger partial charge in [-0.25, -0.2) is 10.8 Å². The fraction of sp³-hybridized carbons (Fsp3) is 0.154. The molecule has 1 aromatic carbocycles. The van der Waals surface area contributed by atoms with Gasteiger partial charge >= 0.3 is 0 Å². The van der Waals surface area contributed by atoms with E-state index in [9.17, 15) is 0 Å². The summed E-state index contributed by atoms with van der Waals surface area (Å²) >= 11 is 9.47. The molecule has 0 saturated carbocycles. The normalized spacial score (nSPS) is 10.3. The Balaban J connectivity index is 2.19. The molecule has 0 radical (unpaired) electrons. The highest BCUT2D eigenvalue weighted by Gasteiger charge is 2.10. The first-order valence-electron chi connectivity index (χ1n) is 5.59. The van der Waals surface area contributed by atoms with Gasteiger partial charge in [-0.1, -0.05) is 23.7 Å². The van der Waals surface area contributed by atoms with Crippen molar-refractivity contribution < 1.29 is 4.74 Å². The predicted molar refractivity (Wildman–Crippen MR) is 80.3 cm³/mol. The van der Waals surface area contributed by atoms with Gasteiger partial charge in [-0.2, -0.15) is 0 Å². The van der Waals surface area contributed by atoms with Crippen molar-refractivity contribution in [1.29, 1.82) is 0 Å². The molecule has 0 atom stereocenters. The molecule has 4 nitrogen and oxygen atoms in total. The minimum Gasteiger partial charge on any atom is -0.473 e. The molecule has 0 aliphatic carbocycles. The van der Waals surface area contributed by atoms with E-state index < -0.39 is 0 Å². The molecule has 19 heavy (non-hydrogen) atoms. The van der Waals surface area contributed by atoms with Crippen molar-refractivity contribution in [3.05, 3.63) is 51.6 Å². The molecule has 0 aliphatic heterocycles. The van der Waals surface area contributed by atoms with Crippen LogP contribution in [0.15, 0.2) is 41.0 Å². The summed E-state index contributed by atoms with van der Waals surface area (Å²) in [7, 11) is 1.76. The van der Waals surface area contributed by atoms with Crippen molar-refractivity contribution >= 4 is 33.2 Å². The van der Waals surface area contributed by atoms with Crippen molar-refractivity contribution in [2.45, 2.75) is 6.61 Å². The number of aromatic nitrogens is 1. The number of hydrogen-bond acceptors (Lipinski definition) is 4. The van der Waals surface area contributed by atoms with Crippen molar-refractivity contribution in [2.24, 2.45) is 5.84 Å². The van der Waals surface area contributed by atoms with E-state index >= 15 is 0 Å². The second-order valence-corrected chi connectivity index (χ2v) is 5.16. The van der Waals surface area contributed by atoms with E-state index in [0.29, 0.717) is 17.5 Å². The molecule has 0 aliphatic rings. The largest absolute Gasteiger partial charge is 0.473 e. The average molecular weight is 343 g/mol. The lowest BCUT2D eigenvalue weighted by molar-refractivity contribution is 0.293. The molecular weight excluding hydrogens is 330 g/mol. The number of benzene rings is 1. The van der Waals surface area contributed by atoms with Gasteiger partial charge in [0.2, 0.25) is 5.88 Å². The molecule has 1 aromatic heterocycles. The minimum absolute atomic E-state index is 0.306. The molecule has 0 spiro atoms. The first kappa shape index (κ1) is 14.1. The van der Waals surface area contributed by atoms with Crippen LogP contribution in [-0.4, -0.2) is 12.0 Å². The fourth-order valence-corrected chi connectivity index (χ4v) is 2.19. The Morgan fingerprint density at radius 3 is 2.74 bits per heavy atom. The van der Waals surface area contributed by atoms with E-state index in [-0.39, 0.29) is 0 Å². The molecule has 1 heterocycles. The molecule has 0 bridgehead atoms. The highest BCUT2D eigenvalue weighted by Crippen LogP contribution is 2.27. The van der Waals surface area contributed by atoms with Crippen LogP contribution in [0.2, 0.25) is 5.02 Å². The summed E-state index contributed by atoms with van der Waals surface area (Å²) in [5.74, 6) is 6.30. The summed E-state index contributed by atoms with van der Waals surface area (Å²) in [6.07, 6.45) is 0. The SMILES string of the molecule is CN(N)c1cccc(Cl)c1COc1cccc(Br)n1. The number of halogens is 2. The van der Waals surface area contributed by atoms with Gasteiger partial charge < -0.3 is 9.75 Å². The lowest BCUT2D eigenvalue weighted by Gasteiger charge is -2.18. The van der Waals surface area contributed by atoms with Crippen molar-refractivity contribution in [3.63, 3.8) is 0 Å². The molecule has 100 valence electrons. The molecule has 0 saturated heterocycles. The number of ether oxygens (including phenoxy) is 1. The van der Waals surface area contributed by atoms with Crippen LogP contribution < -0.4 is 15.6 Å². The van der Waals surface area contributed by atoms with E-state index in [1.54, 1.807) is 13.1 Å². The van der Waals surface area contributed by atoms with E-state index in [0.717, 1.165) is 15.9 Å². The maximum atomic E-state index is 6.18. The van der Waals surface area contributed by atoms with E-state index in [2.05, 4.69) is 20.9 Å². The van der Waals surface area contributed by atoms with Gasteiger partial charge in [-0.3, -0.25) is 0 Å². The van der Waals surface area contributed by atoms with Gasteiger partial charge in [-0.15, -0.1) is 0 Å². The Bertz CT molecular complexity index is 578. The zero-order chi connectivity index (χ0) is 13.8. The van der Waals surface area contributed by atoms with E-state index in [4.69, 9.17) is 22.2 Å². The quantitative estimate of drug-likeness (QED) is 0.526. The molecule has 0 fully saturated rings. The summed E-state index contributed by atoms with van der Waals surface area (Å²) in [5.41, 5.74) is 1.65. The van der Waals surface area contributed by atoms with Crippen LogP contribution in [0.5, 0.6) is 5.88 Å². The van der Waals surface area contributed by atoms with Crippen LogP contribution >= 0.6 is 27.5 Å². The Kier molecular flexibility index (Phi) is 4.63. The average Bonchev–Trinajstić information content (AvgIpc) is 2.37. The summed E-state index contributed by atoms with van der Waals surface area (Å²) in [4.78, 5) is 4.20. The van der Waals surface area contributed by atoms with Crippen LogP contribution in [0.3, 0.4) is 0 Å². The maximum absolute atomic E-state index is 6.18. The predicted octanol–water partition coefficient (Wildman–Crippen LogP) is 3.39. The van der Waals surface area contributed by atoms with Crippen LogP contribution in [-0.2, 0) is 6.61 Å². The third-order valence-corrected chi connectivity index (χ3v) is 3.32. The van der Waals surface area contributed by atoms with E-state index in [1.165, 1.54) is 5.01 Å². The molecule has 0 amide bonds. The summed E-state index contributed by atoms with van der Waals surface area (Å²) < 4.78 is 6.36. The van der Waals surface area contributed by atoms with Gasteiger partial charge in [0.25, 0.3) is 0 Å². The Morgan fingerprint density at radius 2 is 2.05 bits per heavy atom. The molecule has 2 rings (SSSR count). The zero-order valence-electron chi connectivity index (χ0n) is 10.3. The number of nitrogens with zero attached hydrogens (tertiary/aromatic N) is 2. The first-order chi connectivity index (χ1) is 9.08. The second kappa shape index (κ2) is 6.23. The number of rotatable bonds is 4. The van der Waals surface area contributed by atoms with Crippen molar-refractivity contribution in [1.82, 2.24) is 4.98 Å². The number of hydrogen-bond donors (Lipinski definition) is 1. The number of hydrazine groups is 1. The molecule has 2 aromatic rings. The Morgan fingerprint density at radius 1 is 1.32 bits per heavy atom. The van der Waals surface area contributed by atoms with E-state index in [1.807, 2.05) is 30.3 Å². The molecule has 6 heteroatoms. The summed E-state index contributed by atoms with van der Waals surface area (Å²) in [6, 6.07) is 11.0. The Labute approximate surface area is 125 Å². The van der Waals surface area contributed by atoms with Gasteiger partial charge in [0.15, 0.2) is 0 Å². The Hall–Kier alpha value is -1.30. The van der Waals surface area contributed by atoms with Gasteiger partial charge in [-0.05, 0) is 34.1 Å². The maximum Gasteiger partial charge on any atom is 0.214 e. The summed E-state index contributed by atoms with van der Waals surface area (Å²) in [5, 5.41) is 2.13. The van der Waals surface area contributed by atoms with Crippen LogP contribution in [0, 0.1) is 0 Å². The summed E-state index contributed by atoms with van der Waals surface area (Å²) in [6.45, 7) is 0.306. The fourth-order valence-electron chi connectivity index (χ4n) is 1.64. The third-order valence-electron chi connectivity index (χ3n) is 2.53. The topological polar surface area (TPSA) is 51.4 Å². The van der Waals surface area contributed by atoms with Gasteiger partial charge in [0.1, 0.15) is 11.2 Å². The number of anilines is 1. The highest BCUT2D eigenvalue weighted by atomic mass is 79.9. The van der Waals surface area contributed by atoms with Crippen molar-refractivity contribution in [3.8, 4) is 5.88 Å². The van der Waals surface area contributed by atoms with Crippen LogP contribution in [0.1, 0.15) is 5.56 Å². The number of nitrogens with two attached hydrogens (primary N) is 1. The third kappa shape index (κ3) is 3.59. The lowest BCUT2D eigenvalue weighted by atomic mass is 10.2. The monoisotopic (exact) mass is 341 g/mol. The number of pyridine rings is 1. The van der Waals surface area contributed by atoms with Crippen LogP contribution in [0.4, 0.5) is 5.69 Å². The smallest absolute Gasteiger partial charge is 0.214 e. The molecular formula is C13H13BrClN3O. The van der Waals surface area contributed by atoms with Gasteiger partial charge in [0.05, 0.1) is 5.69 Å². The first-order valence-corrected chi connectivity index (χ1v) is 6.76. The lowest BCUT2D eigenvalue weighted by Crippen LogP contribution is -2.26. The molecule has 0 unspecified atom stereocenters. The minimum atomic E-state index is 0.306. The zero-order valence-corrected chi connectivity index (χ0v) is 12.6. The van der Waals surface area contributed by atoms with Crippen molar-refractivity contribution in [2.75, 3.05) is 12.1 Å². The van der Waals surface area contributed by atoms with Gasteiger partial charge in [0, 0.05) is 23.7 Å². The standard InChI is InChI=1S/C13H13BrClN3O/c1-18(16)11-5-2-4-10(15)9(11)8-19-13-7-3-6-12(14)17-13/h2-7H,8,16H2,1H3. The second-order valence-electron chi connectivity index (χ2n) is 3.94. The molecule has 2 N–H and O–H groups in total. The highest BCUT2D eigenvalue weighted by molar-refractivity contribution is 9.10.